The van der Waals surface area contributed by atoms with Gasteiger partial charge in [0.1, 0.15) is 11.5 Å². The molecule has 2 aromatic carbocycles. The number of nitrogens with two attached hydrogens (primary N) is 1. The van der Waals surface area contributed by atoms with Crippen LogP contribution in [-0.2, 0) is 0 Å². The number of carbonyl (C=O) groups is 1. The number of pyridine rings is 1. The highest BCUT2D eigenvalue weighted by molar-refractivity contribution is 5.95. The number of nitrogens with zero attached hydrogens (tertiary/aromatic N) is 1. The molecule has 0 aliphatic rings. The van der Waals surface area contributed by atoms with Crippen LogP contribution in [-0.4, -0.2) is 10.9 Å². The van der Waals surface area contributed by atoms with E-state index in [1.165, 1.54) is 0 Å². The van der Waals surface area contributed by atoms with Crippen LogP contribution in [0, 0.1) is 6.92 Å². The van der Waals surface area contributed by atoms with Gasteiger partial charge in [0.25, 0.3) is 5.91 Å². The second kappa shape index (κ2) is 6.08. The maximum atomic E-state index is 12.5. The molecule has 4 nitrogen and oxygen atoms in total. The normalized spacial score (nSPS) is 12.1. The summed E-state index contributed by atoms with van der Waals surface area (Å²) in [4.78, 5) is 16.7. The highest BCUT2D eigenvalue weighted by Crippen LogP contribution is 2.24. The summed E-state index contributed by atoms with van der Waals surface area (Å²) in [5.74, 6) is 0.133. The molecule has 1 heterocycles. The molecule has 1 amide bonds. The van der Waals surface area contributed by atoms with Crippen LogP contribution in [0.1, 0.15) is 34.6 Å². The van der Waals surface area contributed by atoms with Crippen LogP contribution < -0.4 is 11.1 Å². The minimum absolute atomic E-state index is 0.128. The number of amides is 1. The number of benzene rings is 2. The predicted octanol–water partition coefficient (Wildman–Crippen LogP) is 3.62. The summed E-state index contributed by atoms with van der Waals surface area (Å²) in [6, 6.07) is 17.6. The number of aromatic nitrogens is 1. The number of hydrogen-bond donors (Lipinski definition) is 2. The third-order valence-corrected chi connectivity index (χ3v) is 3.97. The maximum absolute atomic E-state index is 12.5. The molecule has 1 unspecified atom stereocenters. The van der Waals surface area contributed by atoms with Gasteiger partial charge >= 0.3 is 0 Å². The lowest BCUT2D eigenvalue weighted by molar-refractivity contribution is 0.0934. The van der Waals surface area contributed by atoms with Gasteiger partial charge in [-0.25, -0.2) is 4.98 Å². The van der Waals surface area contributed by atoms with E-state index in [1.54, 1.807) is 12.1 Å². The Morgan fingerprint density at radius 3 is 2.65 bits per heavy atom. The molecule has 0 fully saturated rings. The molecule has 0 saturated heterocycles. The molecular weight excluding hydrogens is 286 g/mol. The number of anilines is 1. The third kappa shape index (κ3) is 3.01. The lowest BCUT2D eigenvalue weighted by Gasteiger charge is -2.17. The topological polar surface area (TPSA) is 68.0 Å². The van der Waals surface area contributed by atoms with Crippen molar-refractivity contribution >= 4 is 22.5 Å². The number of carbonyl (C=O) groups excluding carboxylic acids is 1. The summed E-state index contributed by atoms with van der Waals surface area (Å²) in [5, 5.41) is 5.31. The van der Waals surface area contributed by atoms with Crippen LogP contribution in [0.3, 0.4) is 0 Å². The van der Waals surface area contributed by atoms with Crippen molar-refractivity contribution in [3.63, 3.8) is 0 Å². The van der Waals surface area contributed by atoms with Crippen LogP contribution in [0.5, 0.6) is 0 Å². The van der Waals surface area contributed by atoms with E-state index in [2.05, 4.69) is 28.5 Å². The molecule has 116 valence electrons. The van der Waals surface area contributed by atoms with E-state index in [0.717, 1.165) is 21.9 Å². The van der Waals surface area contributed by atoms with Gasteiger partial charge in [-0.1, -0.05) is 48.5 Å². The second-order valence-electron chi connectivity index (χ2n) is 5.67. The van der Waals surface area contributed by atoms with Crippen LogP contribution >= 0.6 is 0 Å². The van der Waals surface area contributed by atoms with E-state index < -0.39 is 0 Å². The summed E-state index contributed by atoms with van der Waals surface area (Å²) in [6.07, 6.45) is 0. The van der Waals surface area contributed by atoms with Crippen molar-refractivity contribution in [2.75, 3.05) is 5.73 Å². The molecule has 3 rings (SSSR count). The van der Waals surface area contributed by atoms with Gasteiger partial charge in [-0.15, -0.1) is 0 Å². The van der Waals surface area contributed by atoms with Gasteiger partial charge in [0.15, 0.2) is 0 Å². The van der Waals surface area contributed by atoms with E-state index in [1.807, 2.05) is 38.1 Å². The maximum Gasteiger partial charge on any atom is 0.270 e. The molecular formula is C19H19N3O. The van der Waals surface area contributed by atoms with Gasteiger partial charge in [-0.3, -0.25) is 4.79 Å². The Hall–Kier alpha value is -2.88. The second-order valence-corrected chi connectivity index (χ2v) is 5.67. The number of fused-ring (bicyclic) bond motifs is 1. The Kier molecular flexibility index (Phi) is 3.98. The van der Waals surface area contributed by atoms with Gasteiger partial charge in [0.2, 0.25) is 0 Å². The number of hydrogen-bond acceptors (Lipinski definition) is 3. The summed E-state index contributed by atoms with van der Waals surface area (Å²) in [5.41, 5.74) is 7.95. The minimum Gasteiger partial charge on any atom is -0.384 e. The molecule has 0 saturated carbocycles. The first kappa shape index (κ1) is 15.0. The van der Waals surface area contributed by atoms with Crippen molar-refractivity contribution in [3.8, 4) is 0 Å². The molecule has 1 aromatic heterocycles. The Balaban J connectivity index is 1.90. The SMILES string of the molecule is Cc1ccc(N)nc1C(=O)NC(C)c1cccc2ccccc12. The van der Waals surface area contributed by atoms with Crippen LogP contribution in [0.15, 0.2) is 54.6 Å². The fourth-order valence-corrected chi connectivity index (χ4v) is 2.74. The molecule has 4 heteroatoms. The fourth-order valence-electron chi connectivity index (χ4n) is 2.74. The number of aryl methyl sites for hydroxylation is 1. The molecule has 3 N–H and O–H groups in total. The molecule has 0 aliphatic heterocycles. The first-order chi connectivity index (χ1) is 11.1. The summed E-state index contributed by atoms with van der Waals surface area (Å²) in [7, 11) is 0. The Morgan fingerprint density at radius 2 is 1.83 bits per heavy atom. The van der Waals surface area contributed by atoms with E-state index in [0.29, 0.717) is 11.5 Å². The number of rotatable bonds is 3. The van der Waals surface area contributed by atoms with E-state index in [4.69, 9.17) is 5.73 Å². The highest BCUT2D eigenvalue weighted by Gasteiger charge is 2.16. The molecule has 0 bridgehead atoms. The van der Waals surface area contributed by atoms with Crippen LogP contribution in [0.2, 0.25) is 0 Å². The van der Waals surface area contributed by atoms with Crippen LogP contribution in [0.4, 0.5) is 5.82 Å². The molecule has 1 atom stereocenters. The Labute approximate surface area is 135 Å². The largest absolute Gasteiger partial charge is 0.384 e. The zero-order valence-corrected chi connectivity index (χ0v) is 13.2. The summed E-state index contributed by atoms with van der Waals surface area (Å²) >= 11 is 0. The van der Waals surface area contributed by atoms with Gasteiger partial charge in [-0.05, 0) is 41.8 Å². The van der Waals surface area contributed by atoms with Crippen molar-refractivity contribution in [1.82, 2.24) is 10.3 Å². The Bertz CT molecular complexity index is 868. The van der Waals surface area contributed by atoms with Crippen molar-refractivity contribution in [3.05, 3.63) is 71.4 Å². The van der Waals surface area contributed by atoms with Gasteiger partial charge in [0.05, 0.1) is 6.04 Å². The van der Waals surface area contributed by atoms with Crippen molar-refractivity contribution in [2.45, 2.75) is 19.9 Å². The summed E-state index contributed by atoms with van der Waals surface area (Å²) in [6.45, 7) is 3.82. The predicted molar refractivity (Wildman–Crippen MR) is 93.2 cm³/mol. The lowest BCUT2D eigenvalue weighted by Crippen LogP contribution is -2.28. The molecule has 0 spiro atoms. The smallest absolute Gasteiger partial charge is 0.270 e. The molecule has 0 radical (unpaired) electrons. The highest BCUT2D eigenvalue weighted by atomic mass is 16.1. The zero-order valence-electron chi connectivity index (χ0n) is 13.2. The van der Waals surface area contributed by atoms with Gasteiger partial charge in [0, 0.05) is 0 Å². The van der Waals surface area contributed by atoms with Crippen LogP contribution in [0.25, 0.3) is 10.8 Å². The quantitative estimate of drug-likeness (QED) is 0.776. The van der Waals surface area contributed by atoms with Gasteiger partial charge < -0.3 is 11.1 Å². The third-order valence-electron chi connectivity index (χ3n) is 3.97. The molecule has 3 aromatic rings. The number of nitrogens with one attached hydrogen (secondary N) is 1. The standard InChI is InChI=1S/C19H19N3O/c1-12-10-11-17(20)22-18(12)19(23)21-13(2)15-9-5-7-14-6-3-4-8-16(14)15/h3-11,13H,1-2H3,(H2,20,22)(H,21,23). The van der Waals surface area contributed by atoms with Gasteiger partial charge in [-0.2, -0.15) is 0 Å². The fraction of sp³-hybridized carbons (Fsp3) is 0.158. The average molecular weight is 305 g/mol. The minimum atomic E-state index is -0.213. The van der Waals surface area contributed by atoms with Crippen molar-refractivity contribution in [1.29, 1.82) is 0 Å². The molecule has 0 aliphatic carbocycles. The zero-order chi connectivity index (χ0) is 16.4. The summed E-state index contributed by atoms with van der Waals surface area (Å²) < 4.78 is 0. The van der Waals surface area contributed by atoms with Crippen molar-refractivity contribution in [2.24, 2.45) is 0 Å². The first-order valence-electron chi connectivity index (χ1n) is 7.58. The lowest BCUT2D eigenvalue weighted by atomic mass is 9.99. The Morgan fingerprint density at radius 1 is 1.09 bits per heavy atom. The first-order valence-corrected chi connectivity index (χ1v) is 7.58. The monoisotopic (exact) mass is 305 g/mol. The van der Waals surface area contributed by atoms with Crippen molar-refractivity contribution < 1.29 is 4.79 Å². The van der Waals surface area contributed by atoms with E-state index >= 15 is 0 Å². The van der Waals surface area contributed by atoms with E-state index in [-0.39, 0.29) is 11.9 Å². The van der Waals surface area contributed by atoms with E-state index in [9.17, 15) is 4.79 Å². The average Bonchev–Trinajstić information content (AvgIpc) is 2.56. The molecule has 23 heavy (non-hydrogen) atoms. The number of nitrogen functional groups attached to an aromatic ring is 1.